The molecular formula is C17H20ClNO2S. The summed E-state index contributed by atoms with van der Waals surface area (Å²) in [5, 5.41) is 5.62. The predicted octanol–water partition coefficient (Wildman–Crippen LogP) is 4.82. The van der Waals surface area contributed by atoms with Crippen LogP contribution in [0.3, 0.4) is 0 Å². The van der Waals surface area contributed by atoms with Crippen molar-refractivity contribution in [2.24, 2.45) is 0 Å². The van der Waals surface area contributed by atoms with Crippen LogP contribution in [-0.2, 0) is 6.61 Å². The highest BCUT2D eigenvalue weighted by molar-refractivity contribution is 7.12. The number of ether oxygens (including phenoxy) is 1. The van der Waals surface area contributed by atoms with Gasteiger partial charge >= 0.3 is 0 Å². The first kappa shape index (κ1) is 16.8. The van der Waals surface area contributed by atoms with Gasteiger partial charge in [-0.3, -0.25) is 4.79 Å². The Morgan fingerprint density at radius 3 is 2.86 bits per heavy atom. The van der Waals surface area contributed by atoms with E-state index in [0.29, 0.717) is 16.5 Å². The minimum Gasteiger partial charge on any atom is -0.489 e. The molecule has 0 aliphatic rings. The molecule has 0 saturated carbocycles. The van der Waals surface area contributed by atoms with Gasteiger partial charge in [0, 0.05) is 16.6 Å². The van der Waals surface area contributed by atoms with Gasteiger partial charge in [0.05, 0.1) is 4.88 Å². The first-order valence-electron chi connectivity index (χ1n) is 7.26. The maximum Gasteiger partial charge on any atom is 0.261 e. The van der Waals surface area contributed by atoms with Gasteiger partial charge < -0.3 is 10.1 Å². The summed E-state index contributed by atoms with van der Waals surface area (Å²) >= 11 is 7.37. The molecule has 1 aromatic carbocycles. The zero-order valence-electron chi connectivity index (χ0n) is 13.0. The molecule has 0 aliphatic heterocycles. The number of carbonyl (C=O) groups is 1. The van der Waals surface area contributed by atoms with E-state index in [9.17, 15) is 4.79 Å². The minimum absolute atomic E-state index is 0.0201. The number of hydrogen-bond donors (Lipinski definition) is 1. The van der Waals surface area contributed by atoms with E-state index in [4.69, 9.17) is 16.3 Å². The Morgan fingerprint density at radius 2 is 2.18 bits per heavy atom. The topological polar surface area (TPSA) is 38.3 Å². The summed E-state index contributed by atoms with van der Waals surface area (Å²) in [6.45, 7) is 6.45. The molecule has 2 aromatic rings. The minimum atomic E-state index is -0.0201. The van der Waals surface area contributed by atoms with Crippen LogP contribution in [-0.4, -0.2) is 11.9 Å². The van der Waals surface area contributed by atoms with Crippen molar-refractivity contribution < 1.29 is 9.53 Å². The third-order valence-electron chi connectivity index (χ3n) is 3.40. The van der Waals surface area contributed by atoms with Crippen molar-refractivity contribution in [2.75, 3.05) is 0 Å². The Hall–Kier alpha value is -1.52. The largest absolute Gasteiger partial charge is 0.489 e. The lowest BCUT2D eigenvalue weighted by Crippen LogP contribution is -2.31. The maximum atomic E-state index is 12.0. The zero-order valence-corrected chi connectivity index (χ0v) is 14.6. The summed E-state index contributed by atoms with van der Waals surface area (Å²) in [6.07, 6.45) is 0.920. The Bertz CT molecular complexity index is 654. The Labute approximate surface area is 140 Å². The fourth-order valence-electron chi connectivity index (χ4n) is 1.90. The first-order valence-corrected chi connectivity index (χ1v) is 8.52. The maximum absolute atomic E-state index is 12.0. The van der Waals surface area contributed by atoms with Crippen molar-refractivity contribution in [1.82, 2.24) is 5.32 Å². The monoisotopic (exact) mass is 337 g/mol. The second-order valence-electron chi connectivity index (χ2n) is 5.30. The molecular weight excluding hydrogens is 318 g/mol. The third-order valence-corrected chi connectivity index (χ3v) is 4.61. The number of rotatable bonds is 6. The molecule has 0 radical (unpaired) electrons. The van der Waals surface area contributed by atoms with Gasteiger partial charge in [0.15, 0.2) is 0 Å². The van der Waals surface area contributed by atoms with Crippen molar-refractivity contribution in [3.8, 4) is 5.75 Å². The number of aryl methyl sites for hydroxylation is 1. The Morgan fingerprint density at radius 1 is 1.41 bits per heavy atom. The summed E-state index contributed by atoms with van der Waals surface area (Å²) in [5.41, 5.74) is 1.99. The van der Waals surface area contributed by atoms with Crippen LogP contribution in [0.4, 0.5) is 0 Å². The molecule has 22 heavy (non-hydrogen) atoms. The van der Waals surface area contributed by atoms with E-state index in [2.05, 4.69) is 5.32 Å². The second-order valence-corrected chi connectivity index (χ2v) is 6.65. The molecule has 1 atom stereocenters. The summed E-state index contributed by atoms with van der Waals surface area (Å²) < 4.78 is 5.79. The smallest absolute Gasteiger partial charge is 0.261 e. The summed E-state index contributed by atoms with van der Waals surface area (Å²) in [5.74, 6) is 0.787. The van der Waals surface area contributed by atoms with Crippen molar-refractivity contribution in [3.05, 3.63) is 50.7 Å². The van der Waals surface area contributed by atoms with Gasteiger partial charge in [-0.25, -0.2) is 0 Å². The lowest BCUT2D eigenvalue weighted by molar-refractivity contribution is 0.0943. The summed E-state index contributed by atoms with van der Waals surface area (Å²) in [6, 6.07) is 7.61. The molecule has 1 N–H and O–H groups in total. The lowest BCUT2D eigenvalue weighted by Gasteiger charge is -2.09. The van der Waals surface area contributed by atoms with Crippen LogP contribution in [0.15, 0.2) is 29.6 Å². The second kappa shape index (κ2) is 7.65. The molecule has 118 valence electrons. The molecule has 0 aliphatic carbocycles. The number of amides is 1. The molecule has 1 heterocycles. The molecule has 0 bridgehead atoms. The Balaban J connectivity index is 1.96. The highest BCUT2D eigenvalue weighted by atomic mass is 35.5. The van der Waals surface area contributed by atoms with E-state index in [0.717, 1.165) is 23.3 Å². The van der Waals surface area contributed by atoms with Gasteiger partial charge in [-0.2, -0.15) is 0 Å². The molecule has 0 saturated heterocycles. The number of benzene rings is 1. The van der Waals surface area contributed by atoms with E-state index in [1.54, 1.807) is 0 Å². The highest BCUT2D eigenvalue weighted by Crippen LogP contribution is 2.23. The number of thiophene rings is 1. The SMILES string of the molecule is CCC(C)NC(=O)c1cc(COc2ccc(Cl)cc2C)cs1. The van der Waals surface area contributed by atoms with E-state index in [1.165, 1.54) is 11.3 Å². The molecule has 2 rings (SSSR count). The average Bonchev–Trinajstić information content (AvgIpc) is 2.95. The number of halogens is 1. The molecule has 1 amide bonds. The average molecular weight is 338 g/mol. The van der Waals surface area contributed by atoms with Crippen LogP contribution in [0.25, 0.3) is 0 Å². The van der Waals surface area contributed by atoms with Crippen LogP contribution < -0.4 is 10.1 Å². The quantitative estimate of drug-likeness (QED) is 0.820. The zero-order chi connectivity index (χ0) is 16.1. The Kier molecular flexibility index (Phi) is 5.86. The van der Waals surface area contributed by atoms with Gasteiger partial charge in [-0.05, 0) is 55.5 Å². The van der Waals surface area contributed by atoms with Gasteiger partial charge in [0.25, 0.3) is 5.91 Å². The molecule has 3 nitrogen and oxygen atoms in total. The predicted molar refractivity (Wildman–Crippen MR) is 92.1 cm³/mol. The van der Waals surface area contributed by atoms with Crippen LogP contribution in [0.2, 0.25) is 5.02 Å². The van der Waals surface area contributed by atoms with Crippen molar-refractivity contribution in [2.45, 2.75) is 39.8 Å². The van der Waals surface area contributed by atoms with Crippen LogP contribution in [0.5, 0.6) is 5.75 Å². The third kappa shape index (κ3) is 4.49. The van der Waals surface area contributed by atoms with Crippen LogP contribution in [0.1, 0.15) is 41.1 Å². The molecule has 5 heteroatoms. The number of carbonyl (C=O) groups excluding carboxylic acids is 1. The first-order chi connectivity index (χ1) is 10.5. The van der Waals surface area contributed by atoms with E-state index < -0.39 is 0 Å². The van der Waals surface area contributed by atoms with E-state index in [-0.39, 0.29) is 11.9 Å². The van der Waals surface area contributed by atoms with Crippen LogP contribution >= 0.6 is 22.9 Å². The standard InChI is InChI=1S/C17H20ClNO2S/c1-4-12(3)19-17(20)16-8-13(10-22-16)9-21-15-6-5-14(18)7-11(15)2/h5-8,10,12H,4,9H2,1-3H3,(H,19,20). The number of nitrogens with one attached hydrogen (secondary N) is 1. The van der Waals surface area contributed by atoms with Crippen molar-refractivity contribution in [1.29, 1.82) is 0 Å². The molecule has 0 fully saturated rings. The van der Waals surface area contributed by atoms with Gasteiger partial charge in [-0.1, -0.05) is 18.5 Å². The van der Waals surface area contributed by atoms with E-state index >= 15 is 0 Å². The molecule has 1 aromatic heterocycles. The van der Waals surface area contributed by atoms with Gasteiger partial charge in [0.1, 0.15) is 12.4 Å². The summed E-state index contributed by atoms with van der Waals surface area (Å²) in [7, 11) is 0. The van der Waals surface area contributed by atoms with E-state index in [1.807, 2.05) is 50.4 Å². The van der Waals surface area contributed by atoms with Crippen molar-refractivity contribution in [3.63, 3.8) is 0 Å². The number of hydrogen-bond acceptors (Lipinski definition) is 3. The fraction of sp³-hybridized carbons (Fsp3) is 0.353. The summed E-state index contributed by atoms with van der Waals surface area (Å²) in [4.78, 5) is 12.8. The normalized spacial score (nSPS) is 12.0. The fourth-order valence-corrected chi connectivity index (χ4v) is 2.93. The molecule has 0 spiro atoms. The van der Waals surface area contributed by atoms with Gasteiger partial charge in [0.2, 0.25) is 0 Å². The highest BCUT2D eigenvalue weighted by Gasteiger charge is 2.11. The van der Waals surface area contributed by atoms with Crippen LogP contribution in [0, 0.1) is 6.92 Å². The van der Waals surface area contributed by atoms with Crippen molar-refractivity contribution >= 4 is 28.8 Å². The molecule has 1 unspecified atom stereocenters. The van der Waals surface area contributed by atoms with Gasteiger partial charge in [-0.15, -0.1) is 11.3 Å². The lowest BCUT2D eigenvalue weighted by atomic mass is 10.2.